The van der Waals surface area contributed by atoms with Gasteiger partial charge in [-0.15, -0.1) is 6.58 Å². The van der Waals surface area contributed by atoms with Crippen LogP contribution in [0.4, 0.5) is 0 Å². The summed E-state index contributed by atoms with van der Waals surface area (Å²) in [6, 6.07) is 0. The number of hydrogen-bond acceptors (Lipinski definition) is 5. The van der Waals surface area contributed by atoms with Gasteiger partial charge in [-0.05, 0) is 43.9 Å². The number of ether oxygens (including phenoxy) is 4. The molecule has 0 spiro atoms. The summed E-state index contributed by atoms with van der Waals surface area (Å²) in [7, 11) is 3.43. The van der Waals surface area contributed by atoms with Gasteiger partial charge >= 0.3 is 0 Å². The molecule has 1 aliphatic carbocycles. The molecule has 0 amide bonds. The molecule has 1 fully saturated rings. The Morgan fingerprint density at radius 2 is 1.65 bits per heavy atom. The van der Waals surface area contributed by atoms with Crippen molar-refractivity contribution in [3.8, 4) is 0 Å². The van der Waals surface area contributed by atoms with E-state index in [4.69, 9.17) is 18.9 Å². The fraction of sp³-hybridized carbons (Fsp3) is 0.857. The largest absolute Gasteiger partial charge is 0.465 e. The lowest BCUT2D eigenvalue weighted by Gasteiger charge is -2.29. The molecule has 1 rings (SSSR count). The lowest BCUT2D eigenvalue weighted by Crippen LogP contribution is -2.23. The van der Waals surface area contributed by atoms with E-state index in [0.717, 1.165) is 38.2 Å². The van der Waals surface area contributed by atoms with Crippen LogP contribution < -0.4 is 0 Å². The predicted octanol–water partition coefficient (Wildman–Crippen LogP) is 4.15. The normalized spacial score (nSPS) is 22.5. The van der Waals surface area contributed by atoms with Crippen LogP contribution >= 0.6 is 0 Å². The molecule has 5 heteroatoms. The highest BCUT2D eigenvalue weighted by Gasteiger charge is 2.22. The standard InChI is InChI=1S/C21H38O5/c1-4-5-8-20(23-2)15-25-14-19-12-10-18(11-13-19)7-6-9-21(24-3)16-26-17-22/h4,17-21H,1,5-16H2,2-3H3. The van der Waals surface area contributed by atoms with Crippen LogP contribution in [-0.2, 0) is 23.7 Å². The van der Waals surface area contributed by atoms with E-state index in [1.807, 2.05) is 6.08 Å². The van der Waals surface area contributed by atoms with Crippen LogP contribution in [0.5, 0.6) is 0 Å². The van der Waals surface area contributed by atoms with E-state index in [2.05, 4.69) is 6.58 Å². The van der Waals surface area contributed by atoms with Gasteiger partial charge in [-0.25, -0.2) is 0 Å². The summed E-state index contributed by atoms with van der Waals surface area (Å²) < 4.78 is 21.5. The fourth-order valence-electron chi connectivity index (χ4n) is 3.68. The van der Waals surface area contributed by atoms with Crippen molar-refractivity contribution in [1.82, 2.24) is 0 Å². The highest BCUT2D eigenvalue weighted by atomic mass is 16.5. The molecule has 0 N–H and O–H groups in total. The van der Waals surface area contributed by atoms with Gasteiger partial charge < -0.3 is 18.9 Å². The summed E-state index contributed by atoms with van der Waals surface area (Å²) >= 11 is 0. The summed E-state index contributed by atoms with van der Waals surface area (Å²) in [5, 5.41) is 0. The van der Waals surface area contributed by atoms with E-state index < -0.39 is 0 Å². The second-order valence-corrected chi connectivity index (χ2v) is 7.37. The van der Waals surface area contributed by atoms with Crippen LogP contribution in [0, 0.1) is 11.8 Å². The number of carbonyl (C=O) groups excluding carboxylic acids is 1. The maximum absolute atomic E-state index is 10.3. The van der Waals surface area contributed by atoms with Gasteiger partial charge in [0.25, 0.3) is 6.47 Å². The topological polar surface area (TPSA) is 54.0 Å². The lowest BCUT2D eigenvalue weighted by atomic mass is 9.80. The van der Waals surface area contributed by atoms with Gasteiger partial charge in [-0.3, -0.25) is 4.79 Å². The zero-order valence-corrected chi connectivity index (χ0v) is 16.7. The molecule has 1 aliphatic rings. The molecular weight excluding hydrogens is 332 g/mol. The molecular formula is C21H38O5. The van der Waals surface area contributed by atoms with Crippen molar-refractivity contribution in [3.05, 3.63) is 12.7 Å². The molecule has 0 saturated heterocycles. The summed E-state index contributed by atoms with van der Waals surface area (Å²) in [4.78, 5) is 10.3. The average Bonchev–Trinajstić information content (AvgIpc) is 2.68. The lowest BCUT2D eigenvalue weighted by molar-refractivity contribution is -0.132. The van der Waals surface area contributed by atoms with Gasteiger partial charge in [0.1, 0.15) is 6.61 Å². The third kappa shape index (κ3) is 10.3. The Bertz CT molecular complexity index is 318. The average molecular weight is 371 g/mol. The minimum absolute atomic E-state index is 0.0276. The predicted molar refractivity (Wildman–Crippen MR) is 103 cm³/mol. The molecule has 0 aromatic rings. The van der Waals surface area contributed by atoms with Crippen molar-refractivity contribution in [2.75, 3.05) is 34.0 Å². The summed E-state index contributed by atoms with van der Waals surface area (Å²) in [6.45, 7) is 6.15. The van der Waals surface area contributed by atoms with E-state index >= 15 is 0 Å². The molecule has 2 atom stereocenters. The van der Waals surface area contributed by atoms with E-state index in [9.17, 15) is 4.79 Å². The van der Waals surface area contributed by atoms with E-state index in [-0.39, 0.29) is 12.2 Å². The van der Waals surface area contributed by atoms with Crippen LogP contribution in [0.2, 0.25) is 0 Å². The molecule has 0 heterocycles. The Kier molecular flexibility index (Phi) is 13.5. The minimum atomic E-state index is 0.0276. The molecule has 26 heavy (non-hydrogen) atoms. The highest BCUT2D eigenvalue weighted by molar-refractivity contribution is 5.36. The summed E-state index contributed by atoms with van der Waals surface area (Å²) in [6.07, 6.45) is 12.5. The Balaban J connectivity index is 2.09. The second-order valence-electron chi connectivity index (χ2n) is 7.37. The summed E-state index contributed by atoms with van der Waals surface area (Å²) in [5.74, 6) is 1.51. The van der Waals surface area contributed by atoms with Crippen molar-refractivity contribution in [3.63, 3.8) is 0 Å². The van der Waals surface area contributed by atoms with E-state index in [1.54, 1.807) is 14.2 Å². The second kappa shape index (κ2) is 15.2. The maximum Gasteiger partial charge on any atom is 0.293 e. The monoisotopic (exact) mass is 370 g/mol. The molecule has 1 saturated carbocycles. The van der Waals surface area contributed by atoms with Gasteiger partial charge in [0.2, 0.25) is 0 Å². The minimum Gasteiger partial charge on any atom is -0.465 e. The van der Waals surface area contributed by atoms with Gasteiger partial charge in [-0.2, -0.15) is 0 Å². The first-order chi connectivity index (χ1) is 12.7. The quantitative estimate of drug-likeness (QED) is 0.302. The Morgan fingerprint density at radius 1 is 1.00 bits per heavy atom. The number of methoxy groups -OCH3 is 2. The van der Waals surface area contributed by atoms with Crippen molar-refractivity contribution in [2.45, 2.75) is 70.0 Å². The first-order valence-electron chi connectivity index (χ1n) is 10.0. The SMILES string of the molecule is C=CCCC(COCC1CCC(CCCC(COC=O)OC)CC1)OC. The van der Waals surface area contributed by atoms with Crippen LogP contribution in [0.25, 0.3) is 0 Å². The molecule has 152 valence electrons. The van der Waals surface area contributed by atoms with Gasteiger partial charge in [0.05, 0.1) is 18.8 Å². The van der Waals surface area contributed by atoms with Gasteiger partial charge in [0, 0.05) is 20.8 Å². The smallest absolute Gasteiger partial charge is 0.293 e. The molecule has 0 bridgehead atoms. The molecule has 5 nitrogen and oxygen atoms in total. The van der Waals surface area contributed by atoms with Crippen LogP contribution in [-0.4, -0.2) is 52.7 Å². The zero-order valence-electron chi connectivity index (χ0n) is 16.7. The van der Waals surface area contributed by atoms with Crippen molar-refractivity contribution in [1.29, 1.82) is 0 Å². The van der Waals surface area contributed by atoms with E-state index in [1.165, 1.54) is 32.1 Å². The first-order valence-corrected chi connectivity index (χ1v) is 10.0. The third-order valence-electron chi connectivity index (χ3n) is 5.47. The van der Waals surface area contributed by atoms with Gasteiger partial charge in [-0.1, -0.05) is 31.8 Å². The molecule has 0 aliphatic heterocycles. The number of rotatable bonds is 16. The van der Waals surface area contributed by atoms with Crippen molar-refractivity contribution >= 4 is 6.47 Å². The Hall–Kier alpha value is -0.910. The van der Waals surface area contributed by atoms with Crippen LogP contribution in [0.3, 0.4) is 0 Å². The molecule has 0 aromatic carbocycles. The number of carbonyl (C=O) groups is 1. The van der Waals surface area contributed by atoms with Gasteiger partial charge in [0.15, 0.2) is 0 Å². The van der Waals surface area contributed by atoms with E-state index in [0.29, 0.717) is 25.6 Å². The van der Waals surface area contributed by atoms with Crippen molar-refractivity contribution in [2.24, 2.45) is 11.8 Å². The third-order valence-corrected chi connectivity index (χ3v) is 5.47. The van der Waals surface area contributed by atoms with Crippen LogP contribution in [0.1, 0.15) is 57.8 Å². The number of allylic oxidation sites excluding steroid dienone is 1. The molecule has 2 unspecified atom stereocenters. The maximum atomic E-state index is 10.3. The summed E-state index contributed by atoms with van der Waals surface area (Å²) in [5.41, 5.74) is 0. The zero-order chi connectivity index (χ0) is 19.0. The Labute approximate surface area is 159 Å². The van der Waals surface area contributed by atoms with Crippen molar-refractivity contribution < 1.29 is 23.7 Å². The number of hydrogen-bond donors (Lipinski definition) is 0. The Morgan fingerprint density at radius 3 is 2.27 bits per heavy atom. The fourth-order valence-corrected chi connectivity index (χ4v) is 3.68. The highest BCUT2D eigenvalue weighted by Crippen LogP contribution is 2.32. The molecule has 0 aromatic heterocycles. The van der Waals surface area contributed by atoms with Crippen LogP contribution in [0.15, 0.2) is 12.7 Å². The molecule has 0 radical (unpaired) electrons. The first kappa shape index (κ1) is 23.1.